The standard InChI is InChI=1S/C12H17BrN4/c1-8-10(16(2)3)6-9(13)7-11(8)17-5-4-15-12(17)14/h6-7H,4-5H2,1-3H3,(H2,14,15). The molecule has 1 heterocycles. The lowest BCUT2D eigenvalue weighted by Crippen LogP contribution is -2.34. The first-order valence-electron chi connectivity index (χ1n) is 5.55. The Hall–Kier alpha value is -1.23. The van der Waals surface area contributed by atoms with Crippen molar-refractivity contribution >= 4 is 33.3 Å². The van der Waals surface area contributed by atoms with Crippen molar-refractivity contribution in [1.82, 2.24) is 0 Å². The molecule has 1 aliphatic heterocycles. The van der Waals surface area contributed by atoms with Gasteiger partial charge in [-0.3, -0.25) is 4.99 Å². The Morgan fingerprint density at radius 2 is 2.12 bits per heavy atom. The average Bonchev–Trinajstić information content (AvgIpc) is 2.67. The van der Waals surface area contributed by atoms with E-state index in [4.69, 9.17) is 5.73 Å². The monoisotopic (exact) mass is 296 g/mol. The smallest absolute Gasteiger partial charge is 0.195 e. The number of rotatable bonds is 2. The highest BCUT2D eigenvalue weighted by Gasteiger charge is 2.19. The normalized spacial score (nSPS) is 15.1. The maximum Gasteiger partial charge on any atom is 0.195 e. The lowest BCUT2D eigenvalue weighted by atomic mass is 10.1. The van der Waals surface area contributed by atoms with Crippen molar-refractivity contribution in [3.8, 4) is 0 Å². The molecule has 0 unspecified atom stereocenters. The molecule has 17 heavy (non-hydrogen) atoms. The van der Waals surface area contributed by atoms with E-state index >= 15 is 0 Å². The summed E-state index contributed by atoms with van der Waals surface area (Å²) in [6.45, 7) is 3.74. The predicted octanol–water partition coefficient (Wildman–Crippen LogP) is 1.96. The molecule has 5 heteroatoms. The Bertz CT molecular complexity index is 468. The minimum Gasteiger partial charge on any atom is -0.377 e. The highest BCUT2D eigenvalue weighted by molar-refractivity contribution is 9.10. The van der Waals surface area contributed by atoms with Gasteiger partial charge in [-0.25, -0.2) is 0 Å². The van der Waals surface area contributed by atoms with E-state index < -0.39 is 0 Å². The first-order valence-corrected chi connectivity index (χ1v) is 6.35. The van der Waals surface area contributed by atoms with Crippen molar-refractivity contribution in [2.75, 3.05) is 37.0 Å². The van der Waals surface area contributed by atoms with Gasteiger partial charge >= 0.3 is 0 Å². The second-order valence-corrected chi connectivity index (χ2v) is 5.27. The molecule has 2 rings (SSSR count). The van der Waals surface area contributed by atoms with E-state index in [-0.39, 0.29) is 0 Å². The lowest BCUT2D eigenvalue weighted by molar-refractivity contribution is 1.01. The van der Waals surface area contributed by atoms with Gasteiger partial charge in [0.1, 0.15) is 0 Å². The molecular formula is C12H17BrN4. The van der Waals surface area contributed by atoms with Crippen LogP contribution in [0.4, 0.5) is 11.4 Å². The third-order valence-corrected chi connectivity index (χ3v) is 3.42. The van der Waals surface area contributed by atoms with Gasteiger partial charge in [-0.1, -0.05) is 15.9 Å². The van der Waals surface area contributed by atoms with Crippen LogP contribution in [-0.2, 0) is 0 Å². The summed E-state index contributed by atoms with van der Waals surface area (Å²) in [6.07, 6.45) is 0. The van der Waals surface area contributed by atoms with Gasteiger partial charge in [-0.05, 0) is 24.6 Å². The maximum atomic E-state index is 5.90. The number of hydrogen-bond acceptors (Lipinski definition) is 4. The zero-order chi connectivity index (χ0) is 12.6. The zero-order valence-corrected chi connectivity index (χ0v) is 12.0. The second kappa shape index (κ2) is 4.56. The van der Waals surface area contributed by atoms with Gasteiger partial charge in [-0.2, -0.15) is 0 Å². The molecule has 1 aliphatic rings. The summed E-state index contributed by atoms with van der Waals surface area (Å²) in [5.74, 6) is 0.607. The number of aliphatic imine (C=N–C) groups is 1. The summed E-state index contributed by atoms with van der Waals surface area (Å²) in [6, 6.07) is 4.21. The van der Waals surface area contributed by atoms with Crippen LogP contribution in [-0.4, -0.2) is 33.1 Å². The first-order chi connectivity index (χ1) is 8.00. The number of halogens is 1. The zero-order valence-electron chi connectivity index (χ0n) is 10.4. The molecule has 0 spiro atoms. The Balaban J connectivity index is 2.50. The van der Waals surface area contributed by atoms with Crippen LogP contribution >= 0.6 is 15.9 Å². The third kappa shape index (κ3) is 2.24. The van der Waals surface area contributed by atoms with Gasteiger partial charge in [0.05, 0.1) is 6.54 Å². The van der Waals surface area contributed by atoms with E-state index in [0.717, 1.165) is 23.2 Å². The van der Waals surface area contributed by atoms with Crippen molar-refractivity contribution < 1.29 is 0 Å². The van der Waals surface area contributed by atoms with Gasteiger partial charge < -0.3 is 15.5 Å². The van der Waals surface area contributed by atoms with Crippen LogP contribution in [0.25, 0.3) is 0 Å². The molecule has 0 atom stereocenters. The largest absolute Gasteiger partial charge is 0.377 e. The van der Waals surface area contributed by atoms with Gasteiger partial charge in [0, 0.05) is 36.5 Å². The Labute approximate surface area is 110 Å². The van der Waals surface area contributed by atoms with Crippen LogP contribution in [0.2, 0.25) is 0 Å². The molecule has 4 nitrogen and oxygen atoms in total. The summed E-state index contributed by atoms with van der Waals surface area (Å²) in [4.78, 5) is 8.40. The summed E-state index contributed by atoms with van der Waals surface area (Å²) < 4.78 is 1.06. The molecule has 2 N–H and O–H groups in total. The van der Waals surface area contributed by atoms with Crippen LogP contribution < -0.4 is 15.5 Å². The third-order valence-electron chi connectivity index (χ3n) is 2.96. The van der Waals surface area contributed by atoms with Gasteiger partial charge in [0.25, 0.3) is 0 Å². The first kappa shape index (κ1) is 12.2. The number of benzene rings is 1. The fraction of sp³-hybridized carbons (Fsp3) is 0.417. The second-order valence-electron chi connectivity index (χ2n) is 4.36. The molecule has 0 aliphatic carbocycles. The summed E-state index contributed by atoms with van der Waals surface area (Å²) in [5, 5.41) is 0. The Kier molecular flexibility index (Phi) is 3.28. The highest BCUT2D eigenvalue weighted by atomic mass is 79.9. The lowest BCUT2D eigenvalue weighted by Gasteiger charge is -2.24. The van der Waals surface area contributed by atoms with Crippen molar-refractivity contribution in [2.45, 2.75) is 6.92 Å². The van der Waals surface area contributed by atoms with Crippen molar-refractivity contribution in [2.24, 2.45) is 10.7 Å². The molecular weight excluding hydrogens is 280 g/mol. The predicted molar refractivity (Wildman–Crippen MR) is 77.0 cm³/mol. The van der Waals surface area contributed by atoms with E-state index in [0.29, 0.717) is 5.96 Å². The average molecular weight is 297 g/mol. The van der Waals surface area contributed by atoms with E-state index in [9.17, 15) is 0 Å². The molecule has 0 fully saturated rings. The van der Waals surface area contributed by atoms with E-state index in [1.807, 2.05) is 14.1 Å². The van der Waals surface area contributed by atoms with Crippen LogP contribution in [0.5, 0.6) is 0 Å². The molecule has 1 aromatic rings. The molecule has 0 bridgehead atoms. The minimum atomic E-state index is 0.607. The van der Waals surface area contributed by atoms with Crippen LogP contribution in [0.1, 0.15) is 5.56 Å². The van der Waals surface area contributed by atoms with E-state index in [1.54, 1.807) is 0 Å². The molecule has 0 radical (unpaired) electrons. The van der Waals surface area contributed by atoms with Crippen LogP contribution in [0, 0.1) is 6.92 Å². The van der Waals surface area contributed by atoms with Crippen molar-refractivity contribution in [1.29, 1.82) is 0 Å². The number of nitrogens with zero attached hydrogens (tertiary/aromatic N) is 3. The molecule has 0 saturated heterocycles. The fourth-order valence-corrected chi connectivity index (χ4v) is 2.54. The van der Waals surface area contributed by atoms with E-state index in [1.165, 1.54) is 11.3 Å². The van der Waals surface area contributed by atoms with Crippen molar-refractivity contribution in [3.05, 3.63) is 22.2 Å². The van der Waals surface area contributed by atoms with Crippen molar-refractivity contribution in [3.63, 3.8) is 0 Å². The number of nitrogens with two attached hydrogens (primary N) is 1. The molecule has 0 aromatic heterocycles. The molecule has 0 amide bonds. The fourth-order valence-electron chi connectivity index (χ4n) is 2.10. The Morgan fingerprint density at radius 1 is 1.41 bits per heavy atom. The quantitative estimate of drug-likeness (QED) is 0.907. The molecule has 92 valence electrons. The number of anilines is 2. The molecule has 0 saturated carbocycles. The van der Waals surface area contributed by atoms with Crippen LogP contribution in [0.3, 0.4) is 0 Å². The highest BCUT2D eigenvalue weighted by Crippen LogP contribution is 2.33. The summed E-state index contributed by atoms with van der Waals surface area (Å²) in [7, 11) is 4.08. The number of guanidine groups is 1. The summed E-state index contributed by atoms with van der Waals surface area (Å²) >= 11 is 3.55. The topological polar surface area (TPSA) is 44.9 Å². The maximum absolute atomic E-state index is 5.90. The minimum absolute atomic E-state index is 0.607. The van der Waals surface area contributed by atoms with Gasteiger partial charge in [0.15, 0.2) is 5.96 Å². The molecule has 1 aromatic carbocycles. The van der Waals surface area contributed by atoms with Gasteiger partial charge in [0.2, 0.25) is 0 Å². The SMILES string of the molecule is Cc1c(N(C)C)cc(Br)cc1N1CCN=C1N. The van der Waals surface area contributed by atoms with Crippen LogP contribution in [0.15, 0.2) is 21.6 Å². The number of hydrogen-bond donors (Lipinski definition) is 1. The summed E-state index contributed by atoms with van der Waals surface area (Å²) in [5.41, 5.74) is 9.44. The van der Waals surface area contributed by atoms with E-state index in [2.05, 4.69) is 49.8 Å². The Morgan fingerprint density at radius 3 is 2.65 bits per heavy atom. The van der Waals surface area contributed by atoms with Gasteiger partial charge in [-0.15, -0.1) is 0 Å².